The highest BCUT2D eigenvalue weighted by molar-refractivity contribution is 6.31. The van der Waals surface area contributed by atoms with Crippen LogP contribution in [0.2, 0.25) is 5.02 Å². The summed E-state index contributed by atoms with van der Waals surface area (Å²) in [6.07, 6.45) is 6.16. The van der Waals surface area contributed by atoms with Crippen molar-refractivity contribution in [3.05, 3.63) is 77.5 Å². The lowest BCUT2D eigenvalue weighted by molar-refractivity contribution is 0.628. The maximum absolute atomic E-state index is 13.4. The summed E-state index contributed by atoms with van der Waals surface area (Å²) in [4.78, 5) is 8.45. The first-order valence-corrected chi connectivity index (χ1v) is 8.51. The number of aromatic nitrogens is 4. The molecule has 26 heavy (non-hydrogen) atoms. The third kappa shape index (κ3) is 3.36. The number of benzene rings is 1. The van der Waals surface area contributed by atoms with Crippen molar-refractivity contribution in [3.63, 3.8) is 0 Å². The van der Waals surface area contributed by atoms with Crippen LogP contribution < -0.4 is 5.32 Å². The second-order valence-corrected chi connectivity index (χ2v) is 6.21. The molecule has 130 valence electrons. The molecule has 0 spiro atoms. The first-order valence-electron chi connectivity index (χ1n) is 8.14. The predicted octanol–water partition coefficient (Wildman–Crippen LogP) is 4.24. The van der Waals surface area contributed by atoms with Gasteiger partial charge in [0, 0.05) is 24.5 Å². The number of nitrogens with zero attached hydrogens (tertiary/aromatic N) is 4. The Hall–Kier alpha value is -2.99. The van der Waals surface area contributed by atoms with Gasteiger partial charge >= 0.3 is 0 Å². The maximum atomic E-state index is 13.4. The van der Waals surface area contributed by atoms with Crippen LogP contribution in [0.3, 0.4) is 0 Å². The highest BCUT2D eigenvalue weighted by atomic mass is 35.5. The number of imidazole rings is 1. The van der Waals surface area contributed by atoms with E-state index in [1.807, 2.05) is 30.5 Å². The molecular weight excluding hydrogens is 353 g/mol. The van der Waals surface area contributed by atoms with Crippen LogP contribution in [0.4, 0.5) is 10.2 Å². The topological polar surface area (TPSA) is 55.1 Å². The Morgan fingerprint density at radius 1 is 1.12 bits per heavy atom. The summed E-state index contributed by atoms with van der Waals surface area (Å²) in [5.41, 5.74) is 3.37. The van der Waals surface area contributed by atoms with E-state index in [1.165, 1.54) is 6.07 Å². The Balaban J connectivity index is 1.57. The number of hydrogen-bond acceptors (Lipinski definition) is 4. The molecule has 4 rings (SSSR count). The van der Waals surface area contributed by atoms with E-state index in [9.17, 15) is 4.39 Å². The van der Waals surface area contributed by atoms with Gasteiger partial charge in [0.25, 0.3) is 0 Å². The molecule has 0 saturated heterocycles. The maximum Gasteiger partial charge on any atom is 0.154 e. The molecule has 7 heteroatoms. The Labute approximate surface area is 154 Å². The lowest BCUT2D eigenvalue weighted by Crippen LogP contribution is -2.08. The minimum Gasteiger partial charge on any atom is -0.368 e. The molecule has 0 unspecified atom stereocenters. The van der Waals surface area contributed by atoms with Crippen molar-refractivity contribution in [2.45, 2.75) is 6.42 Å². The zero-order valence-electron chi connectivity index (χ0n) is 13.7. The Bertz CT molecular complexity index is 1050. The van der Waals surface area contributed by atoms with Gasteiger partial charge in [0.2, 0.25) is 0 Å². The van der Waals surface area contributed by atoms with E-state index < -0.39 is 5.82 Å². The average Bonchev–Trinajstić information content (AvgIpc) is 3.08. The summed E-state index contributed by atoms with van der Waals surface area (Å²) in [6, 6.07) is 12.3. The zero-order valence-corrected chi connectivity index (χ0v) is 14.5. The Morgan fingerprint density at radius 2 is 2.04 bits per heavy atom. The van der Waals surface area contributed by atoms with Gasteiger partial charge in [0.1, 0.15) is 11.6 Å². The molecular formula is C19H15ClFN5. The number of fused-ring (bicyclic) bond motifs is 1. The molecule has 3 aromatic heterocycles. The molecule has 0 amide bonds. The molecule has 0 saturated carbocycles. The number of nitrogens with one attached hydrogen (secondary N) is 1. The van der Waals surface area contributed by atoms with Gasteiger partial charge in [-0.05, 0) is 48.4 Å². The number of hydrogen-bond donors (Lipinski definition) is 1. The van der Waals surface area contributed by atoms with Crippen LogP contribution in [0.25, 0.3) is 16.9 Å². The number of anilines is 1. The number of halogens is 2. The van der Waals surface area contributed by atoms with E-state index in [1.54, 1.807) is 29.0 Å². The summed E-state index contributed by atoms with van der Waals surface area (Å²) >= 11 is 5.90. The average molecular weight is 368 g/mol. The molecule has 0 radical (unpaired) electrons. The molecule has 0 aliphatic carbocycles. The lowest BCUT2D eigenvalue weighted by Gasteiger charge is -2.07. The minimum atomic E-state index is -0.449. The van der Waals surface area contributed by atoms with Crippen molar-refractivity contribution in [2.75, 3.05) is 11.9 Å². The van der Waals surface area contributed by atoms with Crippen LogP contribution in [-0.2, 0) is 6.42 Å². The molecule has 3 heterocycles. The Kier molecular flexibility index (Phi) is 4.50. The van der Waals surface area contributed by atoms with Crippen molar-refractivity contribution in [1.29, 1.82) is 0 Å². The van der Waals surface area contributed by atoms with Gasteiger partial charge in [0.15, 0.2) is 5.65 Å². The van der Waals surface area contributed by atoms with Gasteiger partial charge in [0.05, 0.1) is 16.9 Å². The Morgan fingerprint density at radius 3 is 2.85 bits per heavy atom. The fraction of sp³-hybridized carbons (Fsp3) is 0.105. The van der Waals surface area contributed by atoms with Crippen molar-refractivity contribution in [3.8, 4) is 11.3 Å². The van der Waals surface area contributed by atoms with Gasteiger partial charge in [-0.15, -0.1) is 5.10 Å². The van der Waals surface area contributed by atoms with Crippen molar-refractivity contribution < 1.29 is 4.39 Å². The molecule has 0 aliphatic heterocycles. The third-order valence-corrected chi connectivity index (χ3v) is 4.31. The highest BCUT2D eigenvalue weighted by Gasteiger charge is 2.10. The lowest BCUT2D eigenvalue weighted by atomic mass is 10.2. The van der Waals surface area contributed by atoms with Gasteiger partial charge in [-0.25, -0.2) is 13.9 Å². The molecule has 1 aromatic carbocycles. The quantitative estimate of drug-likeness (QED) is 0.573. The SMILES string of the molecule is Fc1ccc(-c2cnc3ccc(NCCc4cccnc4)nn23)cc1Cl. The van der Waals surface area contributed by atoms with E-state index >= 15 is 0 Å². The summed E-state index contributed by atoms with van der Waals surface area (Å²) < 4.78 is 15.1. The summed E-state index contributed by atoms with van der Waals surface area (Å²) in [5.74, 6) is 0.281. The first kappa shape index (κ1) is 16.5. The van der Waals surface area contributed by atoms with Crippen LogP contribution in [0.5, 0.6) is 0 Å². The predicted molar refractivity (Wildman–Crippen MR) is 99.8 cm³/mol. The van der Waals surface area contributed by atoms with E-state index in [0.717, 1.165) is 35.6 Å². The molecule has 0 bridgehead atoms. The second-order valence-electron chi connectivity index (χ2n) is 5.80. The summed E-state index contributed by atoms with van der Waals surface area (Å²) in [6.45, 7) is 0.733. The van der Waals surface area contributed by atoms with E-state index in [4.69, 9.17) is 11.6 Å². The molecule has 1 N–H and O–H groups in total. The summed E-state index contributed by atoms with van der Waals surface area (Å²) in [7, 11) is 0. The zero-order chi connectivity index (χ0) is 17.9. The smallest absolute Gasteiger partial charge is 0.154 e. The summed E-state index contributed by atoms with van der Waals surface area (Å²) in [5, 5.41) is 7.96. The standard InChI is InChI=1S/C19H15ClFN5/c20-15-10-14(3-4-16(15)21)17-12-24-19-6-5-18(25-26(17)19)23-9-7-13-2-1-8-22-11-13/h1-6,8,10-12H,7,9H2,(H,23,25). The monoisotopic (exact) mass is 367 g/mol. The molecule has 0 atom stereocenters. The van der Waals surface area contributed by atoms with Crippen LogP contribution in [0.1, 0.15) is 5.56 Å². The van der Waals surface area contributed by atoms with Crippen LogP contribution in [0.15, 0.2) is 61.1 Å². The fourth-order valence-corrected chi connectivity index (χ4v) is 2.88. The molecule has 5 nitrogen and oxygen atoms in total. The molecule has 4 aromatic rings. The normalized spacial score (nSPS) is 11.0. The minimum absolute atomic E-state index is 0.0724. The van der Waals surface area contributed by atoms with E-state index in [2.05, 4.69) is 20.4 Å². The van der Waals surface area contributed by atoms with Crippen LogP contribution in [-0.4, -0.2) is 26.1 Å². The van der Waals surface area contributed by atoms with E-state index in [0.29, 0.717) is 5.65 Å². The van der Waals surface area contributed by atoms with Crippen molar-refractivity contribution >= 4 is 23.1 Å². The van der Waals surface area contributed by atoms with Gasteiger partial charge in [-0.2, -0.15) is 0 Å². The van der Waals surface area contributed by atoms with Crippen molar-refractivity contribution in [2.24, 2.45) is 0 Å². The number of rotatable bonds is 5. The molecule has 0 fully saturated rings. The number of pyridine rings is 1. The van der Waals surface area contributed by atoms with Crippen LogP contribution in [0, 0.1) is 5.82 Å². The first-order chi connectivity index (χ1) is 12.7. The van der Waals surface area contributed by atoms with Gasteiger partial charge in [-0.1, -0.05) is 17.7 Å². The van der Waals surface area contributed by atoms with Crippen molar-refractivity contribution in [1.82, 2.24) is 19.6 Å². The van der Waals surface area contributed by atoms with Gasteiger partial charge < -0.3 is 5.32 Å². The molecule has 0 aliphatic rings. The fourth-order valence-electron chi connectivity index (χ4n) is 2.70. The van der Waals surface area contributed by atoms with E-state index in [-0.39, 0.29) is 5.02 Å². The largest absolute Gasteiger partial charge is 0.368 e. The highest BCUT2D eigenvalue weighted by Crippen LogP contribution is 2.25. The second kappa shape index (κ2) is 7.09. The van der Waals surface area contributed by atoms with Gasteiger partial charge in [-0.3, -0.25) is 4.98 Å². The van der Waals surface area contributed by atoms with Crippen LogP contribution >= 0.6 is 11.6 Å². The third-order valence-electron chi connectivity index (χ3n) is 4.02.